The first-order valence-corrected chi connectivity index (χ1v) is 8.54. The largest absolute Gasteiger partial charge is 0.310 e. The highest BCUT2D eigenvalue weighted by atomic mass is 79.9. The molecule has 0 aliphatic heterocycles. The van der Waals surface area contributed by atoms with Crippen LogP contribution in [-0.2, 0) is 6.42 Å². The predicted octanol–water partition coefficient (Wildman–Crippen LogP) is 4.68. The van der Waals surface area contributed by atoms with Crippen molar-refractivity contribution in [2.45, 2.75) is 26.7 Å². The van der Waals surface area contributed by atoms with Crippen LogP contribution < -0.4 is 5.56 Å². The van der Waals surface area contributed by atoms with E-state index in [1.54, 1.807) is 0 Å². The van der Waals surface area contributed by atoms with Crippen molar-refractivity contribution in [2.24, 2.45) is 0 Å². The Morgan fingerprint density at radius 2 is 2.14 bits per heavy atom. The lowest BCUT2D eigenvalue weighted by Gasteiger charge is -2.05. The number of nitrogens with one attached hydrogen (secondary N) is 1. The molecule has 0 atom stereocenters. The van der Waals surface area contributed by atoms with Crippen molar-refractivity contribution in [3.05, 3.63) is 49.8 Å². The smallest absolute Gasteiger partial charge is 0.260 e. The van der Waals surface area contributed by atoms with E-state index < -0.39 is 0 Å². The molecular weight excluding hydrogens is 348 g/mol. The number of hydrogen-bond donors (Lipinski definition) is 1. The van der Waals surface area contributed by atoms with Crippen molar-refractivity contribution in [3.63, 3.8) is 0 Å². The van der Waals surface area contributed by atoms with Crippen LogP contribution in [0, 0.1) is 6.92 Å². The van der Waals surface area contributed by atoms with E-state index in [1.807, 2.05) is 24.4 Å². The van der Waals surface area contributed by atoms with Crippen molar-refractivity contribution in [1.82, 2.24) is 9.97 Å². The van der Waals surface area contributed by atoms with Gasteiger partial charge in [-0.05, 0) is 25.0 Å². The van der Waals surface area contributed by atoms with Crippen molar-refractivity contribution in [3.8, 4) is 11.1 Å². The highest BCUT2D eigenvalue weighted by Crippen LogP contribution is 2.35. The molecule has 0 aliphatic rings. The summed E-state index contributed by atoms with van der Waals surface area (Å²) in [7, 11) is 0. The van der Waals surface area contributed by atoms with Gasteiger partial charge in [-0.25, -0.2) is 4.98 Å². The van der Waals surface area contributed by atoms with Crippen LogP contribution in [0.3, 0.4) is 0 Å². The van der Waals surface area contributed by atoms with E-state index in [4.69, 9.17) is 0 Å². The predicted molar refractivity (Wildman–Crippen MR) is 92.1 cm³/mol. The van der Waals surface area contributed by atoms with Crippen LogP contribution in [0.15, 0.2) is 32.8 Å². The summed E-state index contributed by atoms with van der Waals surface area (Å²) in [6, 6.07) is 6.15. The first-order valence-electron chi connectivity index (χ1n) is 6.87. The summed E-state index contributed by atoms with van der Waals surface area (Å²) in [6.07, 6.45) is 1.77. The van der Waals surface area contributed by atoms with E-state index in [-0.39, 0.29) is 5.56 Å². The molecule has 21 heavy (non-hydrogen) atoms. The molecule has 0 saturated heterocycles. The molecule has 0 spiro atoms. The summed E-state index contributed by atoms with van der Waals surface area (Å²) < 4.78 is 0.991. The average Bonchev–Trinajstić information content (AvgIpc) is 2.86. The molecule has 0 radical (unpaired) electrons. The fourth-order valence-electron chi connectivity index (χ4n) is 2.39. The van der Waals surface area contributed by atoms with Gasteiger partial charge in [0, 0.05) is 21.8 Å². The summed E-state index contributed by atoms with van der Waals surface area (Å²) in [4.78, 5) is 20.7. The number of aryl methyl sites for hydroxylation is 2. The first-order chi connectivity index (χ1) is 10.1. The summed E-state index contributed by atoms with van der Waals surface area (Å²) in [5, 5.41) is 2.70. The molecule has 0 saturated carbocycles. The molecule has 5 heteroatoms. The summed E-state index contributed by atoms with van der Waals surface area (Å²) >= 11 is 5.10. The monoisotopic (exact) mass is 362 g/mol. The number of aromatic nitrogens is 2. The molecule has 0 aliphatic carbocycles. The number of fused-ring (bicyclic) bond motifs is 1. The lowest BCUT2D eigenvalue weighted by Crippen LogP contribution is -2.11. The van der Waals surface area contributed by atoms with E-state index in [0.717, 1.165) is 39.1 Å². The third kappa shape index (κ3) is 2.68. The molecule has 3 nitrogen and oxygen atoms in total. The van der Waals surface area contributed by atoms with Crippen LogP contribution in [0.25, 0.3) is 21.3 Å². The molecule has 3 rings (SSSR count). The third-order valence-electron chi connectivity index (χ3n) is 3.39. The Labute approximate surface area is 135 Å². The Balaban J connectivity index is 2.25. The second kappa shape index (κ2) is 5.73. The third-order valence-corrected chi connectivity index (χ3v) is 4.96. The maximum atomic E-state index is 12.4. The highest BCUT2D eigenvalue weighted by Gasteiger charge is 2.14. The number of nitrogens with zero attached hydrogens (tertiary/aromatic N) is 1. The minimum absolute atomic E-state index is 0.0480. The van der Waals surface area contributed by atoms with Gasteiger partial charge in [0.25, 0.3) is 5.56 Å². The number of H-pyrrole nitrogens is 1. The van der Waals surface area contributed by atoms with Gasteiger partial charge in [-0.1, -0.05) is 40.5 Å². The van der Waals surface area contributed by atoms with E-state index in [1.165, 1.54) is 16.9 Å². The Hall–Kier alpha value is -1.46. The topological polar surface area (TPSA) is 45.8 Å². The zero-order valence-electron chi connectivity index (χ0n) is 11.9. The van der Waals surface area contributed by atoms with Gasteiger partial charge in [-0.2, -0.15) is 0 Å². The number of aromatic amines is 1. The summed E-state index contributed by atoms with van der Waals surface area (Å²) in [6.45, 7) is 4.13. The average molecular weight is 363 g/mol. The Bertz CT molecular complexity index is 866. The van der Waals surface area contributed by atoms with Gasteiger partial charge in [0.05, 0.1) is 5.39 Å². The molecule has 0 amide bonds. The Kier molecular flexibility index (Phi) is 3.95. The van der Waals surface area contributed by atoms with Crippen LogP contribution in [0.1, 0.15) is 24.7 Å². The molecule has 1 N–H and O–H groups in total. The SMILES string of the molecule is CCCc1nc2scc(-c3cc(C)ccc3Br)c2c(=O)[nH]1. The van der Waals surface area contributed by atoms with Crippen LogP contribution in [0.4, 0.5) is 0 Å². The van der Waals surface area contributed by atoms with Gasteiger partial charge in [-0.15, -0.1) is 11.3 Å². The number of hydrogen-bond acceptors (Lipinski definition) is 3. The normalized spacial score (nSPS) is 11.2. The van der Waals surface area contributed by atoms with Crippen LogP contribution in [0.2, 0.25) is 0 Å². The molecule has 0 bridgehead atoms. The number of rotatable bonds is 3. The van der Waals surface area contributed by atoms with E-state index in [2.05, 4.69) is 38.9 Å². The fourth-order valence-corrected chi connectivity index (χ4v) is 3.81. The van der Waals surface area contributed by atoms with Gasteiger partial charge < -0.3 is 4.98 Å². The van der Waals surface area contributed by atoms with Crippen molar-refractivity contribution in [2.75, 3.05) is 0 Å². The van der Waals surface area contributed by atoms with Crippen molar-refractivity contribution in [1.29, 1.82) is 0 Å². The molecule has 0 unspecified atom stereocenters. The minimum atomic E-state index is -0.0480. The first kappa shape index (κ1) is 14.5. The molecule has 2 aromatic heterocycles. The second-order valence-corrected chi connectivity index (χ2v) is 6.79. The van der Waals surface area contributed by atoms with E-state index in [0.29, 0.717) is 5.39 Å². The second-order valence-electron chi connectivity index (χ2n) is 5.08. The molecule has 1 aromatic carbocycles. The van der Waals surface area contributed by atoms with Crippen molar-refractivity contribution >= 4 is 37.5 Å². The van der Waals surface area contributed by atoms with Gasteiger partial charge in [-0.3, -0.25) is 4.79 Å². The lowest BCUT2D eigenvalue weighted by molar-refractivity contribution is 0.838. The highest BCUT2D eigenvalue weighted by molar-refractivity contribution is 9.10. The zero-order valence-corrected chi connectivity index (χ0v) is 14.3. The Morgan fingerprint density at radius 1 is 1.33 bits per heavy atom. The summed E-state index contributed by atoms with van der Waals surface area (Å²) in [5.74, 6) is 0.770. The number of halogens is 1. The fraction of sp³-hybridized carbons (Fsp3) is 0.250. The zero-order chi connectivity index (χ0) is 15.0. The molecule has 0 fully saturated rings. The molecule has 3 aromatic rings. The summed E-state index contributed by atoms with van der Waals surface area (Å²) in [5.41, 5.74) is 3.10. The minimum Gasteiger partial charge on any atom is -0.310 e. The molecular formula is C16H15BrN2OS. The van der Waals surface area contributed by atoms with Crippen LogP contribution >= 0.6 is 27.3 Å². The van der Waals surface area contributed by atoms with Gasteiger partial charge in [0.15, 0.2) is 0 Å². The van der Waals surface area contributed by atoms with E-state index in [9.17, 15) is 4.79 Å². The Morgan fingerprint density at radius 3 is 2.90 bits per heavy atom. The van der Waals surface area contributed by atoms with Gasteiger partial charge in [0.2, 0.25) is 0 Å². The van der Waals surface area contributed by atoms with Gasteiger partial charge in [0.1, 0.15) is 10.7 Å². The maximum absolute atomic E-state index is 12.4. The van der Waals surface area contributed by atoms with E-state index >= 15 is 0 Å². The molecule has 2 heterocycles. The maximum Gasteiger partial charge on any atom is 0.260 e. The van der Waals surface area contributed by atoms with Crippen LogP contribution in [0.5, 0.6) is 0 Å². The lowest BCUT2D eigenvalue weighted by atomic mass is 10.0. The number of thiophene rings is 1. The van der Waals surface area contributed by atoms with Crippen molar-refractivity contribution < 1.29 is 0 Å². The van der Waals surface area contributed by atoms with Crippen LogP contribution in [-0.4, -0.2) is 9.97 Å². The van der Waals surface area contributed by atoms with Gasteiger partial charge >= 0.3 is 0 Å². The molecule has 108 valence electrons. The quantitative estimate of drug-likeness (QED) is 0.735. The standard InChI is InChI=1S/C16H15BrN2OS/c1-3-4-13-18-15(20)14-11(8-21-16(14)19-13)10-7-9(2)5-6-12(10)17/h5-8H,3-4H2,1-2H3,(H,18,19,20). The number of benzene rings is 1.